The molecule has 0 aliphatic rings. The molecule has 0 saturated carbocycles. The second kappa shape index (κ2) is 6.56. The van der Waals surface area contributed by atoms with Crippen LogP contribution in [0.1, 0.15) is 43.6 Å². The molecule has 106 valence electrons. The minimum Gasteiger partial charge on any atom is -0.377 e. The molecule has 0 radical (unpaired) electrons. The summed E-state index contributed by atoms with van der Waals surface area (Å²) >= 11 is 0. The maximum atomic E-state index is 4.31. The molecule has 2 rings (SSSR count). The van der Waals surface area contributed by atoms with E-state index in [1.54, 1.807) is 0 Å². The standard InChI is InChI=1S/C18H24N2/c1-13(2)12-16-7-9-17(10-8-16)14(3)20-18-6-5-11-19-15(18)4/h5-11,13-14,20H,12H2,1-4H3. The van der Waals surface area contributed by atoms with Gasteiger partial charge >= 0.3 is 0 Å². The van der Waals surface area contributed by atoms with Gasteiger partial charge in [0.25, 0.3) is 0 Å². The van der Waals surface area contributed by atoms with Crippen molar-refractivity contribution in [2.24, 2.45) is 5.92 Å². The van der Waals surface area contributed by atoms with Gasteiger partial charge in [0.2, 0.25) is 0 Å². The van der Waals surface area contributed by atoms with Gasteiger partial charge in [0, 0.05) is 12.2 Å². The Morgan fingerprint density at radius 3 is 2.35 bits per heavy atom. The van der Waals surface area contributed by atoms with Gasteiger partial charge in [-0.1, -0.05) is 38.1 Å². The van der Waals surface area contributed by atoms with Crippen molar-refractivity contribution in [3.63, 3.8) is 0 Å². The van der Waals surface area contributed by atoms with Crippen LogP contribution in [-0.4, -0.2) is 4.98 Å². The number of nitrogens with one attached hydrogen (secondary N) is 1. The van der Waals surface area contributed by atoms with E-state index in [0.717, 1.165) is 17.8 Å². The lowest BCUT2D eigenvalue weighted by Crippen LogP contribution is -2.08. The van der Waals surface area contributed by atoms with Crippen LogP contribution in [0.3, 0.4) is 0 Å². The highest BCUT2D eigenvalue weighted by Gasteiger charge is 2.07. The first-order chi connectivity index (χ1) is 9.56. The summed E-state index contributed by atoms with van der Waals surface area (Å²) in [6, 6.07) is 13.3. The Hall–Kier alpha value is -1.83. The molecule has 0 saturated heterocycles. The monoisotopic (exact) mass is 268 g/mol. The smallest absolute Gasteiger partial charge is 0.0603 e. The summed E-state index contributed by atoms with van der Waals surface area (Å²) in [5.41, 5.74) is 4.86. The summed E-state index contributed by atoms with van der Waals surface area (Å²) in [6.45, 7) is 8.72. The van der Waals surface area contributed by atoms with Gasteiger partial charge in [-0.15, -0.1) is 0 Å². The van der Waals surface area contributed by atoms with Crippen LogP contribution in [-0.2, 0) is 6.42 Å². The zero-order valence-corrected chi connectivity index (χ0v) is 12.9. The summed E-state index contributed by atoms with van der Waals surface area (Å²) in [5.74, 6) is 0.703. The quantitative estimate of drug-likeness (QED) is 0.845. The zero-order chi connectivity index (χ0) is 14.5. The van der Waals surface area contributed by atoms with Gasteiger partial charge in [0.1, 0.15) is 0 Å². The van der Waals surface area contributed by atoms with Crippen molar-refractivity contribution in [1.29, 1.82) is 0 Å². The van der Waals surface area contributed by atoms with Crippen molar-refractivity contribution in [2.75, 3.05) is 5.32 Å². The third-order valence-electron chi connectivity index (χ3n) is 3.50. The highest BCUT2D eigenvalue weighted by Crippen LogP contribution is 2.21. The first-order valence-corrected chi connectivity index (χ1v) is 7.33. The average molecular weight is 268 g/mol. The summed E-state index contributed by atoms with van der Waals surface area (Å²) in [6.07, 6.45) is 2.97. The number of nitrogens with zero attached hydrogens (tertiary/aromatic N) is 1. The Morgan fingerprint density at radius 2 is 1.75 bits per heavy atom. The van der Waals surface area contributed by atoms with Crippen molar-refractivity contribution in [3.05, 3.63) is 59.4 Å². The molecule has 0 fully saturated rings. The summed E-state index contributed by atoms with van der Waals surface area (Å²) in [5, 5.41) is 3.52. The number of hydrogen-bond donors (Lipinski definition) is 1. The van der Waals surface area contributed by atoms with Crippen molar-refractivity contribution in [2.45, 2.75) is 40.2 Å². The molecule has 20 heavy (non-hydrogen) atoms. The van der Waals surface area contributed by atoms with E-state index in [2.05, 4.69) is 61.4 Å². The van der Waals surface area contributed by atoms with Gasteiger partial charge < -0.3 is 5.32 Å². The maximum absolute atomic E-state index is 4.31. The summed E-state index contributed by atoms with van der Waals surface area (Å²) in [7, 11) is 0. The van der Waals surface area contributed by atoms with E-state index in [1.165, 1.54) is 11.1 Å². The molecule has 2 aromatic rings. The van der Waals surface area contributed by atoms with Gasteiger partial charge in [-0.3, -0.25) is 4.98 Å². The van der Waals surface area contributed by atoms with Crippen molar-refractivity contribution in [3.8, 4) is 0 Å². The average Bonchev–Trinajstić information content (AvgIpc) is 2.41. The number of benzene rings is 1. The van der Waals surface area contributed by atoms with Crippen molar-refractivity contribution >= 4 is 5.69 Å². The molecule has 0 bridgehead atoms. The summed E-state index contributed by atoms with van der Waals surface area (Å²) in [4.78, 5) is 4.31. The Bertz CT molecular complexity index is 544. The molecule has 2 nitrogen and oxygen atoms in total. The second-order valence-electron chi connectivity index (χ2n) is 5.84. The first-order valence-electron chi connectivity index (χ1n) is 7.33. The van der Waals surface area contributed by atoms with Crippen molar-refractivity contribution < 1.29 is 0 Å². The fraction of sp³-hybridized carbons (Fsp3) is 0.389. The lowest BCUT2D eigenvalue weighted by molar-refractivity contribution is 0.647. The van der Waals surface area contributed by atoms with Crippen LogP contribution in [0.4, 0.5) is 5.69 Å². The van der Waals surface area contributed by atoms with E-state index in [4.69, 9.17) is 0 Å². The fourth-order valence-electron chi connectivity index (χ4n) is 2.37. The predicted octanol–water partition coefficient (Wildman–Crippen LogP) is 4.76. The molecule has 0 amide bonds. The van der Waals surface area contributed by atoms with Gasteiger partial charge in [0.15, 0.2) is 0 Å². The van der Waals surface area contributed by atoms with Crippen LogP contribution in [0.25, 0.3) is 0 Å². The summed E-state index contributed by atoms with van der Waals surface area (Å²) < 4.78 is 0. The largest absolute Gasteiger partial charge is 0.377 e. The lowest BCUT2D eigenvalue weighted by Gasteiger charge is -2.17. The molecule has 1 aromatic heterocycles. The maximum Gasteiger partial charge on any atom is 0.0603 e. The molecular formula is C18H24N2. The zero-order valence-electron chi connectivity index (χ0n) is 12.9. The van der Waals surface area contributed by atoms with Crippen LogP contribution < -0.4 is 5.32 Å². The first kappa shape index (κ1) is 14.6. The predicted molar refractivity (Wildman–Crippen MR) is 86.0 cm³/mol. The van der Waals surface area contributed by atoms with E-state index in [0.29, 0.717) is 5.92 Å². The van der Waals surface area contributed by atoms with Gasteiger partial charge in [0.05, 0.1) is 11.4 Å². The molecule has 0 aliphatic heterocycles. The normalized spacial score (nSPS) is 12.4. The molecule has 0 aliphatic carbocycles. The number of rotatable bonds is 5. The van der Waals surface area contributed by atoms with Crippen LogP contribution in [0.2, 0.25) is 0 Å². The minimum atomic E-state index is 0.283. The van der Waals surface area contributed by atoms with E-state index in [1.807, 2.05) is 19.2 Å². The Labute approximate surface area is 122 Å². The van der Waals surface area contributed by atoms with E-state index in [-0.39, 0.29) is 6.04 Å². The van der Waals surface area contributed by atoms with E-state index >= 15 is 0 Å². The highest BCUT2D eigenvalue weighted by atomic mass is 14.9. The van der Waals surface area contributed by atoms with Gasteiger partial charge in [-0.25, -0.2) is 0 Å². The number of anilines is 1. The highest BCUT2D eigenvalue weighted by molar-refractivity contribution is 5.48. The Kier molecular flexibility index (Phi) is 4.78. The molecule has 1 atom stereocenters. The fourth-order valence-corrected chi connectivity index (χ4v) is 2.37. The molecule has 1 N–H and O–H groups in total. The number of pyridine rings is 1. The molecule has 2 heteroatoms. The van der Waals surface area contributed by atoms with E-state index < -0.39 is 0 Å². The molecule has 0 spiro atoms. The second-order valence-corrected chi connectivity index (χ2v) is 5.84. The number of hydrogen-bond acceptors (Lipinski definition) is 2. The molecule has 1 unspecified atom stereocenters. The van der Waals surface area contributed by atoms with Crippen LogP contribution in [0.15, 0.2) is 42.6 Å². The Balaban J connectivity index is 2.06. The van der Waals surface area contributed by atoms with Crippen molar-refractivity contribution in [1.82, 2.24) is 4.98 Å². The molecule has 1 heterocycles. The van der Waals surface area contributed by atoms with Crippen LogP contribution in [0, 0.1) is 12.8 Å². The van der Waals surface area contributed by atoms with Gasteiger partial charge in [-0.2, -0.15) is 0 Å². The topological polar surface area (TPSA) is 24.9 Å². The number of aromatic nitrogens is 1. The third kappa shape index (κ3) is 3.83. The minimum absolute atomic E-state index is 0.283. The van der Waals surface area contributed by atoms with Crippen LogP contribution >= 0.6 is 0 Å². The van der Waals surface area contributed by atoms with E-state index in [9.17, 15) is 0 Å². The lowest BCUT2D eigenvalue weighted by atomic mass is 10.00. The van der Waals surface area contributed by atoms with Gasteiger partial charge in [-0.05, 0) is 49.4 Å². The Morgan fingerprint density at radius 1 is 1.05 bits per heavy atom. The number of aryl methyl sites for hydroxylation is 1. The SMILES string of the molecule is Cc1ncccc1NC(C)c1ccc(CC(C)C)cc1. The third-order valence-corrected chi connectivity index (χ3v) is 3.50. The molecular weight excluding hydrogens is 244 g/mol. The molecule has 1 aromatic carbocycles. The van der Waals surface area contributed by atoms with Crippen LogP contribution in [0.5, 0.6) is 0 Å².